The minimum atomic E-state index is -0.320. The fraction of sp³-hybridized carbons (Fsp3) is 0.389. The van der Waals surface area contributed by atoms with E-state index in [2.05, 4.69) is 4.98 Å². The van der Waals surface area contributed by atoms with Crippen LogP contribution in [0.25, 0.3) is 0 Å². The lowest BCUT2D eigenvalue weighted by Gasteiger charge is -2.34. The van der Waals surface area contributed by atoms with Crippen molar-refractivity contribution in [2.24, 2.45) is 0 Å². The Hall–Kier alpha value is -2.83. The van der Waals surface area contributed by atoms with Crippen molar-refractivity contribution in [3.8, 4) is 0 Å². The van der Waals surface area contributed by atoms with Gasteiger partial charge in [-0.2, -0.15) is 0 Å². The Labute approximate surface area is 144 Å². The van der Waals surface area contributed by atoms with Crippen LogP contribution in [0.4, 0.5) is 0 Å². The molecule has 0 aromatic carbocycles. The number of aryl methyl sites for hydroxylation is 2. The van der Waals surface area contributed by atoms with Gasteiger partial charge in [-0.3, -0.25) is 14.4 Å². The third kappa shape index (κ3) is 2.86. The van der Waals surface area contributed by atoms with E-state index in [1.807, 2.05) is 0 Å². The van der Waals surface area contributed by atoms with Crippen LogP contribution in [0, 0.1) is 0 Å². The van der Waals surface area contributed by atoms with Crippen molar-refractivity contribution < 1.29 is 14.0 Å². The predicted molar refractivity (Wildman–Crippen MR) is 89.6 cm³/mol. The van der Waals surface area contributed by atoms with Crippen molar-refractivity contribution in [1.82, 2.24) is 14.8 Å². The molecule has 2 aromatic heterocycles. The van der Waals surface area contributed by atoms with Crippen molar-refractivity contribution >= 4 is 11.8 Å². The molecule has 2 amide bonds. The van der Waals surface area contributed by atoms with E-state index in [-0.39, 0.29) is 22.9 Å². The first kappa shape index (κ1) is 15.7. The highest BCUT2D eigenvalue weighted by atomic mass is 16.3. The summed E-state index contributed by atoms with van der Waals surface area (Å²) in [6.45, 7) is 1.66. The highest BCUT2D eigenvalue weighted by Gasteiger charge is 2.28. The lowest BCUT2D eigenvalue weighted by molar-refractivity contribution is 0.0517. The Morgan fingerprint density at radius 1 is 1.04 bits per heavy atom. The van der Waals surface area contributed by atoms with E-state index < -0.39 is 0 Å². The minimum Gasteiger partial charge on any atom is -0.459 e. The van der Waals surface area contributed by atoms with Gasteiger partial charge in [0, 0.05) is 31.9 Å². The van der Waals surface area contributed by atoms with E-state index in [0.717, 1.165) is 30.5 Å². The number of rotatable bonds is 2. The molecular weight excluding hydrogens is 322 g/mol. The summed E-state index contributed by atoms with van der Waals surface area (Å²) in [5.74, 6) is -0.136. The van der Waals surface area contributed by atoms with Crippen molar-refractivity contribution in [3.05, 3.63) is 57.4 Å². The van der Waals surface area contributed by atoms with E-state index >= 15 is 0 Å². The van der Waals surface area contributed by atoms with Crippen molar-refractivity contribution in [3.63, 3.8) is 0 Å². The molecular formula is C18H19N3O4. The molecule has 1 fully saturated rings. The SMILES string of the molecule is O=C(c1ccco1)N1CCN(C(=O)c2cc3c([nH]c2=O)CCC3)CC1. The molecule has 4 rings (SSSR count). The number of amides is 2. The Balaban J connectivity index is 1.45. The average Bonchev–Trinajstić information content (AvgIpc) is 3.31. The molecule has 0 spiro atoms. The normalized spacial score (nSPS) is 16.8. The third-order valence-electron chi connectivity index (χ3n) is 4.90. The Morgan fingerprint density at radius 2 is 1.76 bits per heavy atom. The molecule has 0 saturated carbocycles. The van der Waals surface area contributed by atoms with Crippen LogP contribution in [0.15, 0.2) is 33.7 Å². The van der Waals surface area contributed by atoms with Gasteiger partial charge in [-0.05, 0) is 43.0 Å². The molecule has 3 heterocycles. The van der Waals surface area contributed by atoms with Crippen LogP contribution in [0.1, 0.15) is 38.6 Å². The van der Waals surface area contributed by atoms with Gasteiger partial charge in [0.15, 0.2) is 5.76 Å². The number of carbonyl (C=O) groups excluding carboxylic acids is 2. The van der Waals surface area contributed by atoms with Crippen molar-refractivity contribution in [2.45, 2.75) is 19.3 Å². The first-order valence-electron chi connectivity index (χ1n) is 8.50. The Bertz CT molecular complexity index is 861. The molecule has 130 valence electrons. The summed E-state index contributed by atoms with van der Waals surface area (Å²) >= 11 is 0. The largest absolute Gasteiger partial charge is 0.459 e. The molecule has 0 bridgehead atoms. The monoisotopic (exact) mass is 341 g/mol. The van der Waals surface area contributed by atoms with Gasteiger partial charge in [-0.15, -0.1) is 0 Å². The van der Waals surface area contributed by atoms with E-state index in [1.165, 1.54) is 6.26 Å². The van der Waals surface area contributed by atoms with Gasteiger partial charge in [-0.25, -0.2) is 0 Å². The summed E-state index contributed by atoms with van der Waals surface area (Å²) in [4.78, 5) is 43.3. The van der Waals surface area contributed by atoms with Gasteiger partial charge in [0.05, 0.1) is 6.26 Å². The molecule has 7 nitrogen and oxygen atoms in total. The second-order valence-electron chi connectivity index (χ2n) is 6.43. The summed E-state index contributed by atoms with van der Waals surface area (Å²) in [7, 11) is 0. The van der Waals surface area contributed by atoms with Crippen molar-refractivity contribution in [1.29, 1.82) is 0 Å². The molecule has 1 aliphatic heterocycles. The zero-order valence-corrected chi connectivity index (χ0v) is 13.8. The second kappa shape index (κ2) is 6.23. The first-order chi connectivity index (χ1) is 12.1. The number of carbonyl (C=O) groups is 2. The summed E-state index contributed by atoms with van der Waals surface area (Å²) in [6, 6.07) is 5.04. The maximum absolute atomic E-state index is 12.7. The zero-order valence-electron chi connectivity index (χ0n) is 13.8. The maximum Gasteiger partial charge on any atom is 0.289 e. The zero-order chi connectivity index (χ0) is 17.4. The molecule has 1 saturated heterocycles. The topological polar surface area (TPSA) is 86.6 Å². The van der Waals surface area contributed by atoms with Crippen LogP contribution in [0.5, 0.6) is 0 Å². The lowest BCUT2D eigenvalue weighted by Crippen LogP contribution is -2.51. The number of H-pyrrole nitrogens is 1. The number of fused-ring (bicyclic) bond motifs is 1. The minimum absolute atomic E-state index is 0.174. The number of aromatic amines is 1. The number of nitrogens with zero attached hydrogens (tertiary/aromatic N) is 2. The average molecular weight is 341 g/mol. The van der Waals surface area contributed by atoms with Gasteiger partial charge in [0.25, 0.3) is 17.4 Å². The van der Waals surface area contributed by atoms with Crippen LogP contribution in [0.3, 0.4) is 0 Å². The molecule has 0 unspecified atom stereocenters. The van der Waals surface area contributed by atoms with Gasteiger partial charge in [0.1, 0.15) is 5.56 Å². The van der Waals surface area contributed by atoms with Gasteiger partial charge in [0.2, 0.25) is 0 Å². The Morgan fingerprint density at radius 3 is 2.44 bits per heavy atom. The van der Waals surface area contributed by atoms with E-state index in [0.29, 0.717) is 31.9 Å². The number of hydrogen-bond acceptors (Lipinski definition) is 4. The maximum atomic E-state index is 12.7. The van der Waals surface area contributed by atoms with Gasteiger partial charge >= 0.3 is 0 Å². The number of pyridine rings is 1. The van der Waals surface area contributed by atoms with Gasteiger partial charge < -0.3 is 19.2 Å². The molecule has 1 aliphatic carbocycles. The molecule has 1 N–H and O–H groups in total. The molecule has 25 heavy (non-hydrogen) atoms. The van der Waals surface area contributed by atoms with Crippen LogP contribution < -0.4 is 5.56 Å². The number of nitrogens with one attached hydrogen (secondary N) is 1. The summed E-state index contributed by atoms with van der Waals surface area (Å²) in [6.07, 6.45) is 4.24. The molecule has 0 atom stereocenters. The predicted octanol–water partition coefficient (Wildman–Crippen LogP) is 1.05. The second-order valence-corrected chi connectivity index (χ2v) is 6.43. The van der Waals surface area contributed by atoms with E-state index in [4.69, 9.17) is 4.42 Å². The summed E-state index contributed by atoms with van der Waals surface area (Å²) in [5.41, 5.74) is 1.90. The van der Waals surface area contributed by atoms with Crippen LogP contribution in [-0.2, 0) is 12.8 Å². The quantitative estimate of drug-likeness (QED) is 0.885. The molecule has 2 aromatic rings. The van der Waals surface area contributed by atoms with E-state index in [1.54, 1.807) is 28.0 Å². The molecule has 7 heteroatoms. The first-order valence-corrected chi connectivity index (χ1v) is 8.50. The van der Waals surface area contributed by atoms with Crippen molar-refractivity contribution in [2.75, 3.05) is 26.2 Å². The molecule has 0 radical (unpaired) electrons. The Kier molecular flexibility index (Phi) is 3.91. The number of furan rings is 1. The summed E-state index contributed by atoms with van der Waals surface area (Å²) < 4.78 is 5.13. The third-order valence-corrected chi connectivity index (χ3v) is 4.90. The molecule has 2 aliphatic rings. The van der Waals surface area contributed by atoms with E-state index in [9.17, 15) is 14.4 Å². The van der Waals surface area contributed by atoms with Crippen LogP contribution in [-0.4, -0.2) is 52.8 Å². The number of piperazine rings is 1. The lowest BCUT2D eigenvalue weighted by atomic mass is 10.1. The fourth-order valence-corrected chi connectivity index (χ4v) is 3.51. The number of hydrogen-bond donors (Lipinski definition) is 1. The van der Waals surface area contributed by atoms with Crippen LogP contribution in [0.2, 0.25) is 0 Å². The summed E-state index contributed by atoms with van der Waals surface area (Å²) in [5, 5.41) is 0. The van der Waals surface area contributed by atoms with Gasteiger partial charge in [-0.1, -0.05) is 0 Å². The standard InChI is InChI=1S/C18H19N3O4/c22-16-13(11-12-3-1-4-14(12)19-16)17(23)20-6-8-21(9-7-20)18(24)15-5-2-10-25-15/h2,5,10-11H,1,3-4,6-9H2,(H,19,22). The highest BCUT2D eigenvalue weighted by molar-refractivity contribution is 5.95. The highest BCUT2D eigenvalue weighted by Crippen LogP contribution is 2.19. The number of aromatic nitrogens is 1. The fourth-order valence-electron chi connectivity index (χ4n) is 3.51. The smallest absolute Gasteiger partial charge is 0.289 e. The van der Waals surface area contributed by atoms with Crippen LogP contribution >= 0.6 is 0 Å².